The second kappa shape index (κ2) is 1.70. The highest BCUT2D eigenvalue weighted by atomic mass is 16.5. The first kappa shape index (κ1) is 5.22. The molecule has 0 atom stereocenters. The molecule has 2 rings (SSSR count). The van der Waals surface area contributed by atoms with Crippen molar-refractivity contribution in [2.45, 2.75) is 0 Å². The van der Waals surface area contributed by atoms with Crippen molar-refractivity contribution in [2.75, 3.05) is 0 Å². The maximum Gasteiger partial charge on any atom is 0.180 e. The number of hydrogen-bond acceptors (Lipinski definition) is 3. The van der Waals surface area contributed by atoms with Crippen LogP contribution in [0.5, 0.6) is 0 Å². The lowest BCUT2D eigenvalue weighted by atomic mass is 10.4. The van der Waals surface area contributed by atoms with E-state index in [1.807, 2.05) is 0 Å². The minimum atomic E-state index is 0.690. The summed E-state index contributed by atoms with van der Waals surface area (Å²) in [6.45, 7) is 0. The minimum absolute atomic E-state index is 0.690. The van der Waals surface area contributed by atoms with E-state index < -0.39 is 0 Å². The summed E-state index contributed by atoms with van der Waals surface area (Å²) in [6.07, 6.45) is 6.04. The lowest BCUT2D eigenvalue weighted by molar-refractivity contribution is 0.377. The third kappa shape index (κ3) is 0.500. The Bertz CT molecular complexity index is 360. The highest BCUT2D eigenvalue weighted by Crippen LogP contribution is 2.06. The maximum atomic E-state index is 6.94. The van der Waals surface area contributed by atoms with E-state index in [1.54, 1.807) is 12.4 Å². The van der Waals surface area contributed by atoms with Crippen LogP contribution >= 0.6 is 0 Å². The first-order valence-corrected chi connectivity index (χ1v) is 2.83. The molecule has 4 nitrogen and oxygen atoms in total. The second-order valence-corrected chi connectivity index (χ2v) is 1.90. The Hall–Kier alpha value is -1.58. The molecule has 0 unspecified atom stereocenters. The normalized spacial score (nSPS) is 10.4. The average Bonchev–Trinajstić information content (AvgIpc) is 2.44. The van der Waals surface area contributed by atoms with E-state index >= 15 is 0 Å². The Labute approximate surface area is 56.6 Å². The van der Waals surface area contributed by atoms with Crippen molar-refractivity contribution in [2.24, 2.45) is 0 Å². The van der Waals surface area contributed by atoms with Crippen molar-refractivity contribution in [1.29, 1.82) is 5.41 Å². The number of aromatic nitrogens is 2. The first-order chi connectivity index (χ1) is 4.92. The van der Waals surface area contributed by atoms with Gasteiger partial charge in [-0.3, -0.25) is 0 Å². The number of rotatable bonds is 1. The molecule has 2 heterocycles. The minimum Gasteiger partial charge on any atom is -0.381 e. The van der Waals surface area contributed by atoms with E-state index in [1.165, 1.54) is 17.1 Å². The van der Waals surface area contributed by atoms with E-state index in [0.717, 1.165) is 0 Å². The molecule has 4 heteroatoms. The van der Waals surface area contributed by atoms with Crippen molar-refractivity contribution >= 4 is 11.9 Å². The van der Waals surface area contributed by atoms with Crippen LogP contribution < -0.4 is 0 Å². The molecule has 0 aliphatic rings. The van der Waals surface area contributed by atoms with Gasteiger partial charge in [-0.05, 0) is 0 Å². The molecule has 0 aliphatic carbocycles. The van der Waals surface area contributed by atoms with Crippen LogP contribution in [0.1, 0.15) is 5.56 Å². The molecule has 1 N–H and O–H groups in total. The van der Waals surface area contributed by atoms with Crippen LogP contribution in [0.4, 0.5) is 0 Å². The van der Waals surface area contributed by atoms with E-state index in [4.69, 9.17) is 9.93 Å². The molecule has 10 heavy (non-hydrogen) atoms. The zero-order chi connectivity index (χ0) is 6.97. The molecule has 0 saturated carbocycles. The topological polar surface area (TPSA) is 54.3 Å². The molecule has 2 aromatic heterocycles. The fraction of sp³-hybridized carbons (Fsp3) is 0. The van der Waals surface area contributed by atoms with Gasteiger partial charge >= 0.3 is 0 Å². The highest BCUT2D eigenvalue weighted by molar-refractivity contribution is 5.84. The van der Waals surface area contributed by atoms with Crippen LogP contribution in [0, 0.1) is 5.41 Å². The lowest BCUT2D eigenvalue weighted by Gasteiger charge is -1.75. The number of nitrogens with zero attached hydrogens (tertiary/aromatic N) is 2. The van der Waals surface area contributed by atoms with Crippen molar-refractivity contribution in [3.63, 3.8) is 0 Å². The monoisotopic (exact) mass is 135 g/mol. The van der Waals surface area contributed by atoms with Gasteiger partial charge in [0.25, 0.3) is 0 Å². The lowest BCUT2D eigenvalue weighted by Crippen LogP contribution is -1.76. The maximum absolute atomic E-state index is 6.94. The van der Waals surface area contributed by atoms with Gasteiger partial charge in [-0.15, -0.1) is 0 Å². The van der Waals surface area contributed by atoms with Gasteiger partial charge < -0.3 is 9.93 Å². The predicted molar refractivity (Wildman–Crippen MR) is 35.3 cm³/mol. The summed E-state index contributed by atoms with van der Waals surface area (Å²) < 4.78 is 6.50. The van der Waals surface area contributed by atoms with Gasteiger partial charge in [0, 0.05) is 12.4 Å². The van der Waals surface area contributed by atoms with Crippen LogP contribution in [0.3, 0.4) is 0 Å². The summed E-state index contributed by atoms with van der Waals surface area (Å²) >= 11 is 0. The summed E-state index contributed by atoms with van der Waals surface area (Å²) in [7, 11) is 0. The molecule has 0 radical (unpaired) electrons. The highest BCUT2D eigenvalue weighted by Gasteiger charge is 2.01. The van der Waals surface area contributed by atoms with Crippen molar-refractivity contribution in [1.82, 2.24) is 9.56 Å². The third-order valence-electron chi connectivity index (χ3n) is 1.31. The summed E-state index contributed by atoms with van der Waals surface area (Å²) in [5.74, 6) is 0. The summed E-state index contributed by atoms with van der Waals surface area (Å²) in [6, 6.07) is 0. The van der Waals surface area contributed by atoms with Gasteiger partial charge in [0.2, 0.25) is 0 Å². The molecule has 0 aromatic carbocycles. The zero-order valence-electron chi connectivity index (χ0n) is 5.11. The van der Waals surface area contributed by atoms with Crippen molar-refractivity contribution in [3.05, 3.63) is 24.2 Å². The smallest absolute Gasteiger partial charge is 0.180 e. The largest absolute Gasteiger partial charge is 0.381 e. The van der Waals surface area contributed by atoms with E-state index in [-0.39, 0.29) is 0 Å². The molecule has 0 amide bonds. The fourth-order valence-corrected chi connectivity index (χ4v) is 0.844. The van der Waals surface area contributed by atoms with Gasteiger partial charge in [-0.25, -0.2) is 4.98 Å². The second-order valence-electron chi connectivity index (χ2n) is 1.90. The zero-order valence-corrected chi connectivity index (χ0v) is 5.11. The van der Waals surface area contributed by atoms with Crippen LogP contribution in [0.2, 0.25) is 0 Å². The van der Waals surface area contributed by atoms with E-state index in [0.29, 0.717) is 11.2 Å². The number of nitrogens with one attached hydrogen (secondary N) is 1. The summed E-state index contributed by atoms with van der Waals surface area (Å²) in [4.78, 5) is 3.97. The Morgan fingerprint density at radius 1 is 1.70 bits per heavy atom. The Balaban J connectivity index is 2.88. The molecule has 0 aliphatic heterocycles. The third-order valence-corrected chi connectivity index (χ3v) is 1.31. The number of imidazole rings is 1. The number of fused-ring (bicyclic) bond motifs is 1. The Morgan fingerprint density at radius 2 is 2.60 bits per heavy atom. The van der Waals surface area contributed by atoms with Crippen LogP contribution in [-0.2, 0) is 0 Å². The fourth-order valence-electron chi connectivity index (χ4n) is 0.844. The van der Waals surface area contributed by atoms with Crippen molar-refractivity contribution < 1.29 is 4.52 Å². The quantitative estimate of drug-likeness (QED) is 0.591. The standard InChI is InChI=1S/C6H5N3O/c7-3-5-4-10-9-2-1-8-6(5)9/h1-4,7H. The molecule has 0 fully saturated rings. The first-order valence-electron chi connectivity index (χ1n) is 2.83. The molecule has 2 aromatic rings. The molecule has 0 spiro atoms. The van der Waals surface area contributed by atoms with Gasteiger partial charge in [-0.1, -0.05) is 0 Å². The summed E-state index contributed by atoms with van der Waals surface area (Å²) in [5, 5.41) is 6.94. The van der Waals surface area contributed by atoms with Crippen LogP contribution in [0.15, 0.2) is 23.2 Å². The molecular formula is C6H5N3O. The number of hydrogen-bond donors (Lipinski definition) is 1. The molecule has 50 valence electrons. The van der Waals surface area contributed by atoms with E-state index in [2.05, 4.69) is 4.98 Å². The van der Waals surface area contributed by atoms with Gasteiger partial charge in [0.15, 0.2) is 5.65 Å². The van der Waals surface area contributed by atoms with Gasteiger partial charge in [0.1, 0.15) is 6.26 Å². The molecule has 0 saturated heterocycles. The van der Waals surface area contributed by atoms with Crippen LogP contribution in [0.25, 0.3) is 5.65 Å². The van der Waals surface area contributed by atoms with Gasteiger partial charge in [-0.2, -0.15) is 4.57 Å². The Kier molecular flexibility index (Phi) is 0.887. The Morgan fingerprint density at radius 3 is 3.40 bits per heavy atom. The average molecular weight is 135 g/mol. The SMILES string of the molecule is N=Cc1con2ccnc12. The predicted octanol–water partition coefficient (Wildman–Crippen LogP) is 0.925. The summed E-state index contributed by atoms with van der Waals surface area (Å²) in [5.41, 5.74) is 1.39. The van der Waals surface area contributed by atoms with Gasteiger partial charge in [0.05, 0.1) is 11.8 Å². The molecule has 0 bridgehead atoms. The van der Waals surface area contributed by atoms with Crippen molar-refractivity contribution in [3.8, 4) is 0 Å². The molecular weight excluding hydrogens is 130 g/mol. The van der Waals surface area contributed by atoms with E-state index in [9.17, 15) is 0 Å². The van der Waals surface area contributed by atoms with Crippen LogP contribution in [-0.4, -0.2) is 15.8 Å².